The van der Waals surface area contributed by atoms with Crippen LogP contribution in [0.25, 0.3) is 0 Å². The monoisotopic (exact) mass is 377 g/mol. The summed E-state index contributed by atoms with van der Waals surface area (Å²) < 4.78 is 42.3. The van der Waals surface area contributed by atoms with Crippen molar-refractivity contribution in [2.45, 2.75) is 30.8 Å². The van der Waals surface area contributed by atoms with Gasteiger partial charge in [0.25, 0.3) is 0 Å². The summed E-state index contributed by atoms with van der Waals surface area (Å²) in [6.07, 6.45) is 4.78. The highest BCUT2D eigenvalue weighted by molar-refractivity contribution is 7.90. The van der Waals surface area contributed by atoms with Crippen LogP contribution in [-0.4, -0.2) is 34.4 Å². The first-order valence-corrected chi connectivity index (χ1v) is 10.1. The predicted molar refractivity (Wildman–Crippen MR) is 93.6 cm³/mol. The summed E-state index contributed by atoms with van der Waals surface area (Å²) in [4.78, 5) is -0.255. The second kappa shape index (κ2) is 8.13. The molecule has 1 saturated heterocycles. The van der Waals surface area contributed by atoms with Crippen molar-refractivity contribution in [3.63, 3.8) is 0 Å². The molecule has 0 radical (unpaired) electrons. The Balaban J connectivity index is 0.00000208. The van der Waals surface area contributed by atoms with Crippen molar-refractivity contribution in [2.75, 3.05) is 26.0 Å². The predicted octanol–water partition coefficient (Wildman–Crippen LogP) is 2.80. The molecule has 2 fully saturated rings. The lowest BCUT2D eigenvalue weighted by molar-refractivity contribution is 0.103. The van der Waals surface area contributed by atoms with Crippen molar-refractivity contribution in [2.24, 2.45) is 17.8 Å². The third-order valence-corrected chi connectivity index (χ3v) is 6.09. The lowest BCUT2D eigenvalue weighted by Gasteiger charge is -2.22. The summed E-state index contributed by atoms with van der Waals surface area (Å²) in [5, 5.41) is 3.39. The lowest BCUT2D eigenvalue weighted by atomic mass is 9.92. The van der Waals surface area contributed by atoms with E-state index in [-0.39, 0.29) is 17.3 Å². The van der Waals surface area contributed by atoms with Crippen LogP contribution in [0.1, 0.15) is 24.8 Å². The minimum absolute atomic E-state index is 0. The lowest BCUT2D eigenvalue weighted by Crippen LogP contribution is -2.29. The Hall–Kier alpha value is -0.690. The van der Waals surface area contributed by atoms with Crippen LogP contribution in [0.15, 0.2) is 23.1 Å². The highest BCUT2D eigenvalue weighted by Crippen LogP contribution is 2.47. The average molecular weight is 378 g/mol. The van der Waals surface area contributed by atoms with E-state index in [4.69, 9.17) is 4.74 Å². The first-order chi connectivity index (χ1) is 10.9. The van der Waals surface area contributed by atoms with Gasteiger partial charge < -0.3 is 10.1 Å². The zero-order chi connectivity index (χ0) is 16.4. The molecule has 4 nitrogen and oxygen atoms in total. The number of rotatable bonds is 6. The fourth-order valence-electron chi connectivity index (χ4n) is 3.58. The Morgan fingerprint density at radius 3 is 2.62 bits per heavy atom. The van der Waals surface area contributed by atoms with Crippen LogP contribution >= 0.6 is 12.4 Å². The van der Waals surface area contributed by atoms with Gasteiger partial charge in [-0.2, -0.15) is 0 Å². The van der Waals surface area contributed by atoms with Gasteiger partial charge in [-0.15, -0.1) is 12.4 Å². The Morgan fingerprint density at radius 1 is 1.29 bits per heavy atom. The van der Waals surface area contributed by atoms with E-state index in [1.807, 2.05) is 0 Å². The van der Waals surface area contributed by atoms with Crippen LogP contribution in [0.4, 0.5) is 4.39 Å². The van der Waals surface area contributed by atoms with E-state index in [9.17, 15) is 12.8 Å². The van der Waals surface area contributed by atoms with Crippen LogP contribution in [-0.2, 0) is 21.2 Å². The molecule has 0 aromatic heterocycles. The molecule has 1 heterocycles. The smallest absolute Gasteiger partial charge is 0.178 e. The minimum atomic E-state index is -3.51. The molecule has 1 aliphatic heterocycles. The van der Waals surface area contributed by atoms with Gasteiger partial charge in [0.2, 0.25) is 0 Å². The SMILES string of the molecule is CS(=O)(=O)c1ccc(COC[C@@H]2C[C@@H]2C2CCNCC2)cc1F.Cl. The number of nitrogens with one attached hydrogen (secondary N) is 1. The number of hydrogen-bond acceptors (Lipinski definition) is 4. The summed E-state index contributed by atoms with van der Waals surface area (Å²) in [5.74, 6) is 1.56. The van der Waals surface area contributed by atoms with E-state index >= 15 is 0 Å². The van der Waals surface area contributed by atoms with Gasteiger partial charge in [-0.25, -0.2) is 12.8 Å². The molecular weight excluding hydrogens is 353 g/mol. The van der Waals surface area contributed by atoms with Crippen LogP contribution in [0.5, 0.6) is 0 Å². The van der Waals surface area contributed by atoms with E-state index in [0.717, 1.165) is 31.2 Å². The highest BCUT2D eigenvalue weighted by Gasteiger charge is 2.42. The van der Waals surface area contributed by atoms with E-state index < -0.39 is 15.7 Å². The maximum atomic E-state index is 13.8. The van der Waals surface area contributed by atoms with Crippen molar-refractivity contribution in [3.8, 4) is 0 Å². The number of benzene rings is 1. The van der Waals surface area contributed by atoms with Gasteiger partial charge in [-0.05, 0) is 67.8 Å². The topological polar surface area (TPSA) is 55.4 Å². The van der Waals surface area contributed by atoms with Crippen LogP contribution in [0.2, 0.25) is 0 Å². The summed E-state index contributed by atoms with van der Waals surface area (Å²) in [6, 6.07) is 4.20. The van der Waals surface area contributed by atoms with E-state index in [1.165, 1.54) is 31.4 Å². The molecule has 1 aromatic carbocycles. The third kappa shape index (κ3) is 4.91. The molecule has 1 aromatic rings. The van der Waals surface area contributed by atoms with Gasteiger partial charge in [0.1, 0.15) is 10.7 Å². The number of sulfone groups is 1. The summed E-state index contributed by atoms with van der Waals surface area (Å²) >= 11 is 0. The fraction of sp³-hybridized carbons (Fsp3) is 0.647. The van der Waals surface area contributed by atoms with Crippen LogP contribution < -0.4 is 5.32 Å². The first-order valence-electron chi connectivity index (χ1n) is 8.22. The zero-order valence-corrected chi connectivity index (χ0v) is 15.5. The number of hydrogen-bond donors (Lipinski definition) is 1. The molecular formula is C17H25ClFNO3S. The molecule has 136 valence electrons. The van der Waals surface area contributed by atoms with Gasteiger partial charge in [-0.3, -0.25) is 0 Å². The van der Waals surface area contributed by atoms with Gasteiger partial charge in [-0.1, -0.05) is 6.07 Å². The Kier molecular flexibility index (Phi) is 6.65. The van der Waals surface area contributed by atoms with E-state index in [1.54, 1.807) is 6.07 Å². The number of ether oxygens (including phenoxy) is 1. The molecule has 0 amide bonds. The first kappa shape index (κ1) is 19.6. The van der Waals surface area contributed by atoms with Crippen molar-refractivity contribution in [3.05, 3.63) is 29.6 Å². The second-order valence-corrected chi connectivity index (χ2v) is 8.78. The molecule has 24 heavy (non-hydrogen) atoms. The van der Waals surface area contributed by atoms with Crippen LogP contribution in [0, 0.1) is 23.6 Å². The normalized spacial score (nSPS) is 24.4. The third-order valence-electron chi connectivity index (χ3n) is 4.96. The van der Waals surface area contributed by atoms with Gasteiger partial charge >= 0.3 is 0 Å². The molecule has 1 N–H and O–H groups in total. The summed E-state index contributed by atoms with van der Waals surface area (Å²) in [7, 11) is -3.51. The average Bonchev–Trinajstić information content (AvgIpc) is 3.26. The molecule has 0 spiro atoms. The highest BCUT2D eigenvalue weighted by atomic mass is 35.5. The maximum Gasteiger partial charge on any atom is 0.178 e. The second-order valence-electron chi connectivity index (χ2n) is 6.80. The fourth-order valence-corrected chi connectivity index (χ4v) is 4.30. The van der Waals surface area contributed by atoms with Crippen molar-refractivity contribution in [1.82, 2.24) is 5.32 Å². The molecule has 0 unspecified atom stereocenters. The van der Waals surface area contributed by atoms with Crippen LogP contribution in [0.3, 0.4) is 0 Å². The summed E-state index contributed by atoms with van der Waals surface area (Å²) in [6.45, 7) is 3.29. The van der Waals surface area contributed by atoms with E-state index in [2.05, 4.69) is 5.32 Å². The molecule has 2 aliphatic rings. The minimum Gasteiger partial charge on any atom is -0.376 e. The molecule has 3 rings (SSSR count). The van der Waals surface area contributed by atoms with Crippen molar-refractivity contribution in [1.29, 1.82) is 0 Å². The molecule has 2 atom stereocenters. The molecule has 7 heteroatoms. The van der Waals surface area contributed by atoms with Gasteiger partial charge in [0, 0.05) is 6.26 Å². The zero-order valence-electron chi connectivity index (χ0n) is 13.8. The Morgan fingerprint density at radius 2 is 2.00 bits per heavy atom. The molecule has 1 saturated carbocycles. The van der Waals surface area contributed by atoms with Gasteiger partial charge in [0.15, 0.2) is 9.84 Å². The molecule has 0 bridgehead atoms. The Labute approximate surface area is 149 Å². The molecule has 1 aliphatic carbocycles. The van der Waals surface area contributed by atoms with Crippen molar-refractivity contribution >= 4 is 22.2 Å². The van der Waals surface area contributed by atoms with Gasteiger partial charge in [0.05, 0.1) is 13.2 Å². The standard InChI is InChI=1S/C17H24FNO3S.ClH/c1-23(20,21)17-3-2-12(8-16(17)18)10-22-11-14-9-15(14)13-4-6-19-7-5-13;/h2-3,8,13-15,19H,4-7,9-11H2,1H3;1H/t14-,15+;/m0./s1. The van der Waals surface area contributed by atoms with Crippen molar-refractivity contribution < 1.29 is 17.5 Å². The quantitative estimate of drug-likeness (QED) is 0.828. The number of halogens is 2. The summed E-state index contributed by atoms with van der Waals surface area (Å²) in [5.41, 5.74) is 0.675. The Bertz CT molecular complexity index is 662. The maximum absolute atomic E-state index is 13.8. The largest absolute Gasteiger partial charge is 0.376 e. The number of piperidine rings is 1. The van der Waals surface area contributed by atoms with E-state index in [0.29, 0.717) is 24.7 Å².